The highest BCUT2D eigenvalue weighted by atomic mass is 32.2. The summed E-state index contributed by atoms with van der Waals surface area (Å²) in [5.41, 5.74) is 7.71. The number of carbonyl (C=O) groups is 1. The second-order valence-electron chi connectivity index (χ2n) is 4.37. The highest BCUT2D eigenvalue weighted by molar-refractivity contribution is 8.00. The Labute approximate surface area is 134 Å². The van der Waals surface area contributed by atoms with E-state index in [1.54, 1.807) is 7.11 Å². The molecule has 22 heavy (non-hydrogen) atoms. The predicted molar refractivity (Wildman–Crippen MR) is 87.1 cm³/mol. The number of hydrogen-bond acceptors (Lipinski definition) is 7. The lowest BCUT2D eigenvalue weighted by molar-refractivity contribution is -0.115. The minimum absolute atomic E-state index is 0.182. The highest BCUT2D eigenvalue weighted by Crippen LogP contribution is 2.34. The Morgan fingerprint density at radius 1 is 1.32 bits per heavy atom. The summed E-state index contributed by atoms with van der Waals surface area (Å²) < 4.78 is 10.5. The van der Waals surface area contributed by atoms with E-state index in [2.05, 4.69) is 14.3 Å². The zero-order valence-corrected chi connectivity index (χ0v) is 13.3. The Hall–Kier alpha value is -2.19. The maximum atomic E-state index is 10.9. The Balaban J connectivity index is 2.00. The molecular weight excluding hydrogens is 320 g/mol. The van der Waals surface area contributed by atoms with Gasteiger partial charge in [-0.05, 0) is 35.8 Å². The van der Waals surface area contributed by atoms with Crippen LogP contribution in [-0.4, -0.2) is 33.1 Å². The fourth-order valence-corrected chi connectivity index (χ4v) is 3.58. The summed E-state index contributed by atoms with van der Waals surface area (Å²) >= 11 is 2.62. The van der Waals surface area contributed by atoms with E-state index < -0.39 is 0 Å². The molecule has 0 saturated carbocycles. The van der Waals surface area contributed by atoms with Gasteiger partial charge in [0.15, 0.2) is 0 Å². The standard InChI is InChI=1S/C14H12N4O2S2/c1-20-9-4-2-8(3-5-9)11-12-13(22-18-11)14(17-7-16-12)21-6-10(15)19/h2-5,7H,6H2,1H3,(H2,15,19). The van der Waals surface area contributed by atoms with Crippen molar-refractivity contribution < 1.29 is 9.53 Å². The van der Waals surface area contributed by atoms with Crippen molar-refractivity contribution in [1.29, 1.82) is 0 Å². The second-order valence-corrected chi connectivity index (χ2v) is 6.11. The third-order valence-corrected chi connectivity index (χ3v) is 4.92. The molecule has 2 heterocycles. The molecule has 8 heteroatoms. The zero-order chi connectivity index (χ0) is 15.5. The van der Waals surface area contributed by atoms with Gasteiger partial charge in [-0.2, -0.15) is 4.37 Å². The molecule has 0 bridgehead atoms. The van der Waals surface area contributed by atoms with Gasteiger partial charge in [0.2, 0.25) is 5.91 Å². The van der Waals surface area contributed by atoms with Gasteiger partial charge >= 0.3 is 0 Å². The summed E-state index contributed by atoms with van der Waals surface area (Å²) in [6.45, 7) is 0. The van der Waals surface area contributed by atoms with Crippen molar-refractivity contribution in [3.8, 4) is 17.0 Å². The molecule has 1 amide bonds. The summed E-state index contributed by atoms with van der Waals surface area (Å²) in [6, 6.07) is 7.63. The van der Waals surface area contributed by atoms with Crippen LogP contribution in [0.1, 0.15) is 0 Å². The van der Waals surface area contributed by atoms with Gasteiger partial charge in [0, 0.05) is 5.56 Å². The molecule has 0 radical (unpaired) electrons. The molecular formula is C14H12N4O2S2. The van der Waals surface area contributed by atoms with Gasteiger partial charge in [0.1, 0.15) is 33.0 Å². The summed E-state index contributed by atoms with van der Waals surface area (Å²) in [7, 11) is 1.63. The summed E-state index contributed by atoms with van der Waals surface area (Å²) in [6.07, 6.45) is 1.48. The van der Waals surface area contributed by atoms with Crippen LogP contribution in [0.2, 0.25) is 0 Å². The number of thioether (sulfide) groups is 1. The molecule has 112 valence electrons. The van der Waals surface area contributed by atoms with Crippen LogP contribution in [0.25, 0.3) is 21.5 Å². The number of primary amides is 1. The van der Waals surface area contributed by atoms with E-state index in [4.69, 9.17) is 10.5 Å². The fourth-order valence-electron chi connectivity index (χ4n) is 1.92. The van der Waals surface area contributed by atoms with E-state index >= 15 is 0 Å². The molecule has 1 aromatic carbocycles. The number of benzene rings is 1. The molecule has 2 N–H and O–H groups in total. The lowest BCUT2D eigenvalue weighted by atomic mass is 10.1. The molecule has 0 aliphatic carbocycles. The molecule has 3 aromatic rings. The monoisotopic (exact) mass is 332 g/mol. The minimum atomic E-state index is -0.378. The summed E-state index contributed by atoms with van der Waals surface area (Å²) in [4.78, 5) is 19.5. The van der Waals surface area contributed by atoms with Crippen molar-refractivity contribution in [3.63, 3.8) is 0 Å². The van der Waals surface area contributed by atoms with Gasteiger partial charge in [-0.1, -0.05) is 11.8 Å². The number of amides is 1. The third-order valence-electron chi connectivity index (χ3n) is 2.94. The third kappa shape index (κ3) is 2.88. The molecule has 0 unspecified atom stereocenters. The number of carbonyl (C=O) groups excluding carboxylic acids is 1. The maximum absolute atomic E-state index is 10.9. The first kappa shape index (κ1) is 14.7. The van der Waals surface area contributed by atoms with Crippen molar-refractivity contribution in [2.24, 2.45) is 5.73 Å². The van der Waals surface area contributed by atoms with Gasteiger partial charge in [-0.25, -0.2) is 9.97 Å². The average Bonchev–Trinajstić information content (AvgIpc) is 2.97. The number of hydrogen-bond donors (Lipinski definition) is 1. The normalized spacial score (nSPS) is 10.8. The van der Waals surface area contributed by atoms with Gasteiger partial charge < -0.3 is 10.5 Å². The van der Waals surface area contributed by atoms with Gasteiger partial charge in [0.25, 0.3) is 0 Å². The fraction of sp³-hybridized carbons (Fsp3) is 0.143. The number of nitrogens with two attached hydrogens (primary N) is 1. The van der Waals surface area contributed by atoms with Crippen LogP contribution in [0.3, 0.4) is 0 Å². The molecule has 0 aliphatic heterocycles. The first-order chi connectivity index (χ1) is 10.7. The van der Waals surface area contributed by atoms with E-state index in [1.807, 2.05) is 24.3 Å². The minimum Gasteiger partial charge on any atom is -0.497 e. The maximum Gasteiger partial charge on any atom is 0.227 e. The molecule has 0 saturated heterocycles. The Bertz CT molecular complexity index is 817. The van der Waals surface area contributed by atoms with E-state index in [9.17, 15) is 4.79 Å². The van der Waals surface area contributed by atoms with Crippen molar-refractivity contribution in [2.75, 3.05) is 12.9 Å². The van der Waals surface area contributed by atoms with Crippen LogP contribution < -0.4 is 10.5 Å². The average molecular weight is 332 g/mol. The van der Waals surface area contributed by atoms with Gasteiger partial charge in [-0.3, -0.25) is 4.79 Å². The number of nitrogens with zero attached hydrogens (tertiary/aromatic N) is 3. The van der Waals surface area contributed by atoms with Crippen LogP contribution in [0, 0.1) is 0 Å². The summed E-state index contributed by atoms with van der Waals surface area (Å²) in [5, 5.41) is 0.723. The van der Waals surface area contributed by atoms with Gasteiger partial charge in [-0.15, -0.1) is 0 Å². The molecule has 0 spiro atoms. The Morgan fingerprint density at radius 3 is 2.77 bits per heavy atom. The number of ether oxygens (including phenoxy) is 1. The van der Waals surface area contributed by atoms with Crippen molar-refractivity contribution in [3.05, 3.63) is 30.6 Å². The Morgan fingerprint density at radius 2 is 2.09 bits per heavy atom. The van der Waals surface area contributed by atoms with E-state index in [1.165, 1.54) is 29.6 Å². The number of methoxy groups -OCH3 is 1. The number of rotatable bonds is 5. The quantitative estimate of drug-likeness (QED) is 0.569. The number of fused-ring (bicyclic) bond motifs is 1. The second kappa shape index (κ2) is 6.29. The lowest BCUT2D eigenvalue weighted by Gasteiger charge is -2.02. The first-order valence-corrected chi connectivity index (χ1v) is 8.11. The predicted octanol–water partition coefficient (Wildman–Crippen LogP) is 2.34. The van der Waals surface area contributed by atoms with E-state index in [0.717, 1.165) is 32.2 Å². The zero-order valence-electron chi connectivity index (χ0n) is 11.6. The van der Waals surface area contributed by atoms with Gasteiger partial charge in [0.05, 0.1) is 12.9 Å². The molecule has 6 nitrogen and oxygen atoms in total. The van der Waals surface area contributed by atoms with Crippen LogP contribution in [0.5, 0.6) is 5.75 Å². The smallest absolute Gasteiger partial charge is 0.227 e. The lowest BCUT2D eigenvalue weighted by Crippen LogP contribution is -2.13. The van der Waals surface area contributed by atoms with Crippen molar-refractivity contribution in [2.45, 2.75) is 5.03 Å². The van der Waals surface area contributed by atoms with Crippen LogP contribution in [-0.2, 0) is 4.79 Å². The van der Waals surface area contributed by atoms with E-state index in [0.29, 0.717) is 0 Å². The molecule has 0 atom stereocenters. The number of aromatic nitrogens is 3. The van der Waals surface area contributed by atoms with E-state index in [-0.39, 0.29) is 11.7 Å². The van der Waals surface area contributed by atoms with Crippen LogP contribution >= 0.6 is 23.3 Å². The van der Waals surface area contributed by atoms with Crippen molar-refractivity contribution in [1.82, 2.24) is 14.3 Å². The molecule has 3 rings (SSSR count). The largest absolute Gasteiger partial charge is 0.497 e. The Kier molecular flexibility index (Phi) is 4.21. The van der Waals surface area contributed by atoms with Crippen LogP contribution in [0.15, 0.2) is 35.6 Å². The molecule has 0 aliphatic rings. The van der Waals surface area contributed by atoms with Crippen molar-refractivity contribution >= 4 is 39.4 Å². The summed E-state index contributed by atoms with van der Waals surface area (Å²) in [5.74, 6) is 0.592. The first-order valence-electron chi connectivity index (χ1n) is 6.35. The highest BCUT2D eigenvalue weighted by Gasteiger charge is 2.14. The van der Waals surface area contributed by atoms with Crippen LogP contribution in [0.4, 0.5) is 0 Å². The SMILES string of the molecule is COc1ccc(-c2nsc3c(SCC(N)=O)ncnc23)cc1. The molecule has 2 aromatic heterocycles. The molecule has 0 fully saturated rings. The topological polar surface area (TPSA) is 91.0 Å².